The van der Waals surface area contributed by atoms with Crippen molar-refractivity contribution in [2.45, 2.75) is 0 Å². The molecule has 0 saturated heterocycles. The first-order valence-electron chi connectivity index (χ1n) is 3.37. The van der Waals surface area contributed by atoms with Crippen LogP contribution in [0.15, 0.2) is 16.6 Å². The summed E-state index contributed by atoms with van der Waals surface area (Å²) in [5.41, 5.74) is 8.10. The molecular weight excluding hydrogens is 158 g/mol. The largest absolute Gasteiger partial charge is 0.383 e. The third-order valence-corrected chi connectivity index (χ3v) is 1.57. The van der Waals surface area contributed by atoms with E-state index in [1.165, 1.54) is 0 Å². The van der Waals surface area contributed by atoms with Crippen LogP contribution in [0.5, 0.6) is 0 Å². The molecule has 6 heteroatoms. The van der Waals surface area contributed by atoms with Crippen molar-refractivity contribution in [1.29, 1.82) is 0 Å². The van der Waals surface area contributed by atoms with E-state index in [-0.39, 0.29) is 5.91 Å². The Morgan fingerprint density at radius 1 is 1.92 bits per heavy atom. The van der Waals surface area contributed by atoms with Crippen molar-refractivity contribution in [2.24, 2.45) is 10.8 Å². The summed E-state index contributed by atoms with van der Waals surface area (Å²) < 4.78 is 0. The summed E-state index contributed by atoms with van der Waals surface area (Å²) >= 11 is 0. The van der Waals surface area contributed by atoms with Crippen LogP contribution in [0.4, 0.5) is 0 Å². The molecule has 0 fully saturated rings. The first-order chi connectivity index (χ1) is 5.66. The van der Waals surface area contributed by atoms with Gasteiger partial charge in [0.1, 0.15) is 11.5 Å². The van der Waals surface area contributed by atoms with E-state index in [4.69, 9.17) is 5.73 Å². The minimum atomic E-state index is -0.369. The van der Waals surface area contributed by atoms with Crippen LogP contribution in [0, 0.1) is 0 Å². The fraction of sp³-hybridized carbons (Fsp3) is 0.333. The number of rotatable bonds is 2. The third kappa shape index (κ3) is 1.31. The molecule has 1 rings (SSSR count). The van der Waals surface area contributed by atoms with Crippen LogP contribution < -0.4 is 16.5 Å². The fourth-order valence-electron chi connectivity index (χ4n) is 0.889. The molecule has 1 amide bonds. The topological polar surface area (TPSA) is 82.8 Å². The van der Waals surface area contributed by atoms with E-state index in [1.807, 2.05) is 0 Å². The van der Waals surface area contributed by atoms with Gasteiger partial charge in [0.15, 0.2) is 0 Å². The number of hydrogen-bond acceptors (Lipinski definition) is 5. The van der Waals surface area contributed by atoms with Gasteiger partial charge in [-0.3, -0.25) is 4.79 Å². The Labute approximate surface area is 70.1 Å². The van der Waals surface area contributed by atoms with E-state index in [9.17, 15) is 4.79 Å². The summed E-state index contributed by atoms with van der Waals surface area (Å²) in [7, 11) is 1.78. The lowest BCUT2D eigenvalue weighted by atomic mass is 10.4. The Hall–Kier alpha value is -1.72. The van der Waals surface area contributed by atoms with Gasteiger partial charge in [0.2, 0.25) is 0 Å². The van der Waals surface area contributed by atoms with Crippen LogP contribution >= 0.6 is 0 Å². The molecule has 0 aromatic heterocycles. The van der Waals surface area contributed by atoms with Crippen LogP contribution in [0.1, 0.15) is 0 Å². The molecule has 1 aliphatic rings. The van der Waals surface area contributed by atoms with Crippen LogP contribution in [0.25, 0.3) is 0 Å². The van der Waals surface area contributed by atoms with Crippen molar-refractivity contribution < 1.29 is 4.79 Å². The third-order valence-electron chi connectivity index (χ3n) is 1.57. The van der Waals surface area contributed by atoms with Gasteiger partial charge in [0.25, 0.3) is 5.91 Å². The number of amides is 1. The van der Waals surface area contributed by atoms with Crippen molar-refractivity contribution in [3.05, 3.63) is 11.5 Å². The van der Waals surface area contributed by atoms with E-state index in [0.29, 0.717) is 18.2 Å². The van der Waals surface area contributed by atoms with E-state index >= 15 is 0 Å². The van der Waals surface area contributed by atoms with Gasteiger partial charge < -0.3 is 16.0 Å². The molecule has 12 heavy (non-hydrogen) atoms. The van der Waals surface area contributed by atoms with Gasteiger partial charge in [0, 0.05) is 13.8 Å². The van der Waals surface area contributed by atoms with Crippen molar-refractivity contribution in [3.8, 4) is 0 Å². The summed E-state index contributed by atoms with van der Waals surface area (Å²) in [4.78, 5) is 12.8. The highest BCUT2D eigenvalue weighted by Crippen LogP contribution is 2.06. The van der Waals surface area contributed by atoms with Crippen LogP contribution in [-0.2, 0) is 4.79 Å². The molecule has 1 heterocycles. The molecule has 6 nitrogen and oxygen atoms in total. The maximum atomic E-state index is 11.1. The summed E-state index contributed by atoms with van der Waals surface area (Å²) in [5, 5.41) is 6.06. The van der Waals surface area contributed by atoms with Gasteiger partial charge in [-0.1, -0.05) is 0 Å². The maximum Gasteiger partial charge on any atom is 0.291 e. The molecular formula is C6H11N5O. The summed E-state index contributed by atoms with van der Waals surface area (Å²) in [6, 6.07) is 0. The van der Waals surface area contributed by atoms with Crippen molar-refractivity contribution >= 4 is 12.6 Å². The zero-order chi connectivity index (χ0) is 9.14. The van der Waals surface area contributed by atoms with Crippen LogP contribution in [0.3, 0.4) is 0 Å². The van der Waals surface area contributed by atoms with E-state index in [0.717, 1.165) is 0 Å². The molecule has 0 atom stereocenters. The predicted molar refractivity (Wildman–Crippen MR) is 44.7 cm³/mol. The minimum absolute atomic E-state index is 0.338. The molecule has 1 aliphatic heterocycles. The van der Waals surface area contributed by atoms with Crippen molar-refractivity contribution in [3.63, 3.8) is 0 Å². The monoisotopic (exact) mass is 169 g/mol. The smallest absolute Gasteiger partial charge is 0.291 e. The van der Waals surface area contributed by atoms with Crippen LogP contribution in [-0.4, -0.2) is 31.2 Å². The summed E-state index contributed by atoms with van der Waals surface area (Å²) in [6.07, 6.45) is 0. The molecule has 0 spiro atoms. The molecule has 0 aromatic rings. The Kier molecular flexibility index (Phi) is 2.18. The SMILES string of the molecule is C=NNC(=O)C1=C(N)N(C)CN1. The Morgan fingerprint density at radius 3 is 3.00 bits per heavy atom. The summed E-state index contributed by atoms with van der Waals surface area (Å²) in [6.45, 7) is 3.66. The second-order valence-corrected chi connectivity index (χ2v) is 2.39. The Bertz CT molecular complexity index is 246. The number of hydrogen-bond donors (Lipinski definition) is 3. The molecule has 0 saturated carbocycles. The average Bonchev–Trinajstić information content (AvgIpc) is 2.34. The number of nitrogens with one attached hydrogen (secondary N) is 2. The Morgan fingerprint density at radius 2 is 2.58 bits per heavy atom. The van der Waals surface area contributed by atoms with Gasteiger partial charge in [-0.15, -0.1) is 0 Å². The molecule has 4 N–H and O–H groups in total. The van der Waals surface area contributed by atoms with E-state index in [2.05, 4.69) is 22.6 Å². The average molecular weight is 169 g/mol. The fourth-order valence-corrected chi connectivity index (χ4v) is 0.889. The molecule has 0 aliphatic carbocycles. The number of carbonyl (C=O) groups excluding carboxylic acids is 1. The predicted octanol–water partition coefficient (Wildman–Crippen LogP) is -1.66. The first-order valence-corrected chi connectivity index (χ1v) is 3.37. The highest BCUT2D eigenvalue weighted by molar-refractivity contribution is 5.93. The zero-order valence-corrected chi connectivity index (χ0v) is 6.79. The number of nitrogens with two attached hydrogens (primary N) is 1. The Balaban J connectivity index is 2.74. The minimum Gasteiger partial charge on any atom is -0.383 e. The second kappa shape index (κ2) is 3.12. The summed E-state index contributed by atoms with van der Waals surface area (Å²) in [5.74, 6) is 0.0444. The standard InChI is InChI=1S/C6H11N5O/c1-8-10-6(12)4-5(7)11(2)3-9-4/h9H,1,3,7H2,2H3,(H,10,12). The van der Waals surface area contributed by atoms with Gasteiger partial charge in [-0.2, -0.15) is 5.10 Å². The molecule has 0 radical (unpaired) electrons. The number of hydrazone groups is 1. The lowest BCUT2D eigenvalue weighted by Crippen LogP contribution is -2.27. The van der Waals surface area contributed by atoms with E-state index < -0.39 is 0 Å². The van der Waals surface area contributed by atoms with Gasteiger partial charge in [-0.05, 0) is 0 Å². The highest BCUT2D eigenvalue weighted by Gasteiger charge is 2.21. The van der Waals surface area contributed by atoms with Crippen molar-refractivity contribution in [2.75, 3.05) is 13.7 Å². The lowest BCUT2D eigenvalue weighted by molar-refractivity contribution is -0.117. The zero-order valence-electron chi connectivity index (χ0n) is 6.79. The van der Waals surface area contributed by atoms with Gasteiger partial charge in [0.05, 0.1) is 6.67 Å². The normalized spacial score (nSPS) is 15.9. The molecule has 0 bridgehead atoms. The number of nitrogens with zero attached hydrogens (tertiary/aromatic N) is 2. The van der Waals surface area contributed by atoms with Crippen molar-refractivity contribution in [1.82, 2.24) is 15.6 Å². The molecule has 66 valence electrons. The lowest BCUT2D eigenvalue weighted by Gasteiger charge is -2.08. The highest BCUT2D eigenvalue weighted by atomic mass is 16.2. The van der Waals surface area contributed by atoms with E-state index in [1.54, 1.807) is 11.9 Å². The molecule has 0 unspecified atom stereocenters. The van der Waals surface area contributed by atoms with Gasteiger partial charge >= 0.3 is 0 Å². The first kappa shape index (κ1) is 8.38. The van der Waals surface area contributed by atoms with Crippen LogP contribution in [0.2, 0.25) is 0 Å². The molecule has 0 aromatic carbocycles. The quantitative estimate of drug-likeness (QED) is 0.341. The number of carbonyl (C=O) groups is 1. The maximum absolute atomic E-state index is 11.1. The second-order valence-electron chi connectivity index (χ2n) is 2.39. The van der Waals surface area contributed by atoms with Gasteiger partial charge in [-0.25, -0.2) is 5.43 Å².